The summed E-state index contributed by atoms with van der Waals surface area (Å²) in [5, 5.41) is 16.0. The van der Waals surface area contributed by atoms with Gasteiger partial charge in [-0.2, -0.15) is 10.1 Å². The fraction of sp³-hybridized carbons (Fsp3) is 0.158. The van der Waals surface area contributed by atoms with Crippen LogP contribution in [0, 0.1) is 11.7 Å². The van der Waals surface area contributed by atoms with Crippen LogP contribution in [-0.2, 0) is 13.0 Å². The van der Waals surface area contributed by atoms with Crippen LogP contribution in [0.5, 0.6) is 0 Å². The first-order chi connectivity index (χ1) is 14.5. The third-order valence-corrected chi connectivity index (χ3v) is 5.30. The van der Waals surface area contributed by atoms with Gasteiger partial charge in [0.15, 0.2) is 15.7 Å². The Kier molecular flexibility index (Phi) is 5.63. The van der Waals surface area contributed by atoms with E-state index in [-0.39, 0.29) is 5.91 Å². The van der Waals surface area contributed by atoms with E-state index in [1.165, 1.54) is 11.3 Å². The Morgan fingerprint density at radius 2 is 2.17 bits per heavy atom. The van der Waals surface area contributed by atoms with Crippen molar-refractivity contribution >= 4 is 34.6 Å². The first kappa shape index (κ1) is 19.9. The highest BCUT2D eigenvalue weighted by Crippen LogP contribution is 2.21. The van der Waals surface area contributed by atoms with Gasteiger partial charge in [-0.15, -0.1) is 17.9 Å². The smallest absolute Gasteiger partial charge is 0.257 e. The maximum atomic E-state index is 12.5. The topological polar surface area (TPSA) is 115 Å². The van der Waals surface area contributed by atoms with Crippen molar-refractivity contribution in [3.8, 4) is 11.5 Å². The molecule has 9 nitrogen and oxygen atoms in total. The van der Waals surface area contributed by atoms with Crippen LogP contribution in [0.1, 0.15) is 27.7 Å². The molecule has 3 heterocycles. The molecule has 11 heteroatoms. The van der Waals surface area contributed by atoms with Crippen LogP contribution in [0.2, 0.25) is 0 Å². The molecule has 0 radical (unpaired) electrons. The van der Waals surface area contributed by atoms with Gasteiger partial charge in [0.05, 0.1) is 12.1 Å². The molecule has 0 bridgehead atoms. The van der Waals surface area contributed by atoms with Crippen molar-refractivity contribution in [1.82, 2.24) is 29.9 Å². The molecule has 30 heavy (non-hydrogen) atoms. The molecule has 0 fully saturated rings. The van der Waals surface area contributed by atoms with E-state index < -0.39 is 0 Å². The molecule has 0 aliphatic rings. The molecule has 0 saturated heterocycles. The Labute approximate surface area is 180 Å². The SMILES string of the molecule is C=CCn1c(Cc2csc(NC(=O)c3ccc(-c4nc(C)no4)cc3)n2)n[nH]c1=S. The first-order valence-corrected chi connectivity index (χ1v) is 10.2. The molecular weight excluding hydrogens is 422 g/mol. The predicted molar refractivity (Wildman–Crippen MR) is 115 cm³/mol. The van der Waals surface area contributed by atoms with Crippen LogP contribution < -0.4 is 5.32 Å². The van der Waals surface area contributed by atoms with Crippen LogP contribution in [0.3, 0.4) is 0 Å². The normalized spacial score (nSPS) is 10.8. The maximum absolute atomic E-state index is 12.5. The number of aromatic amines is 1. The minimum atomic E-state index is -0.251. The van der Waals surface area contributed by atoms with Crippen molar-refractivity contribution < 1.29 is 9.32 Å². The lowest BCUT2D eigenvalue weighted by Gasteiger charge is -2.03. The molecule has 0 saturated carbocycles. The van der Waals surface area contributed by atoms with Gasteiger partial charge in [-0.25, -0.2) is 4.98 Å². The summed E-state index contributed by atoms with van der Waals surface area (Å²) >= 11 is 6.57. The van der Waals surface area contributed by atoms with E-state index in [1.807, 2.05) is 9.95 Å². The second-order valence-electron chi connectivity index (χ2n) is 6.34. The van der Waals surface area contributed by atoms with Crippen molar-refractivity contribution in [1.29, 1.82) is 0 Å². The number of nitrogens with one attached hydrogen (secondary N) is 2. The molecule has 0 unspecified atom stereocenters. The number of aryl methyl sites for hydroxylation is 1. The molecule has 0 aliphatic heterocycles. The Morgan fingerprint density at radius 1 is 1.37 bits per heavy atom. The van der Waals surface area contributed by atoms with Gasteiger partial charge < -0.3 is 4.52 Å². The Morgan fingerprint density at radius 3 is 2.87 bits per heavy atom. The van der Waals surface area contributed by atoms with Crippen LogP contribution in [0.25, 0.3) is 11.5 Å². The second-order valence-corrected chi connectivity index (χ2v) is 7.59. The van der Waals surface area contributed by atoms with Gasteiger partial charge in [0.25, 0.3) is 11.8 Å². The summed E-state index contributed by atoms with van der Waals surface area (Å²) in [6.45, 7) is 6.05. The van der Waals surface area contributed by atoms with Gasteiger partial charge in [-0.1, -0.05) is 11.2 Å². The molecule has 0 atom stereocenters. The Hall–Kier alpha value is -3.44. The number of hydrogen-bond donors (Lipinski definition) is 2. The molecule has 3 aromatic heterocycles. The number of aromatic nitrogens is 6. The molecule has 4 aromatic rings. The second kappa shape index (κ2) is 8.51. The number of hydrogen-bond acceptors (Lipinski definition) is 8. The molecule has 4 rings (SSSR count). The van der Waals surface area contributed by atoms with Gasteiger partial charge >= 0.3 is 0 Å². The number of amides is 1. The van der Waals surface area contributed by atoms with E-state index in [9.17, 15) is 4.79 Å². The third-order valence-electron chi connectivity index (χ3n) is 4.18. The number of H-pyrrole nitrogens is 1. The van der Waals surface area contributed by atoms with Crippen molar-refractivity contribution in [3.63, 3.8) is 0 Å². The minimum Gasteiger partial charge on any atom is -0.334 e. The molecule has 2 N–H and O–H groups in total. The molecule has 0 aliphatic carbocycles. The lowest BCUT2D eigenvalue weighted by molar-refractivity contribution is 0.102. The summed E-state index contributed by atoms with van der Waals surface area (Å²) in [5.74, 6) is 1.48. The van der Waals surface area contributed by atoms with Crippen LogP contribution in [0.4, 0.5) is 5.13 Å². The van der Waals surface area contributed by atoms with Crippen LogP contribution >= 0.6 is 23.6 Å². The summed E-state index contributed by atoms with van der Waals surface area (Å²) in [6.07, 6.45) is 2.25. The average Bonchev–Trinajstić information content (AvgIpc) is 3.45. The standard InChI is InChI=1S/C19H17N7O2S2/c1-3-8-26-15(23-24-19(26)29)9-14-10-30-18(21-14)22-16(27)12-4-6-13(7-5-12)17-20-11(2)25-28-17/h3-7,10H,1,8-9H2,2H3,(H,24,29)(H,21,22,27). The molecule has 1 amide bonds. The highest BCUT2D eigenvalue weighted by molar-refractivity contribution is 7.71. The summed E-state index contributed by atoms with van der Waals surface area (Å²) < 4.78 is 7.52. The number of allylic oxidation sites excluding steroid dienone is 1. The average molecular weight is 440 g/mol. The summed E-state index contributed by atoms with van der Waals surface area (Å²) in [6, 6.07) is 6.92. The number of nitrogens with zero attached hydrogens (tertiary/aromatic N) is 5. The number of rotatable bonds is 7. The van der Waals surface area contributed by atoms with Crippen LogP contribution in [-0.4, -0.2) is 35.8 Å². The van der Waals surface area contributed by atoms with Crippen molar-refractivity contribution in [2.24, 2.45) is 0 Å². The molecule has 152 valence electrons. The van der Waals surface area contributed by atoms with Crippen molar-refractivity contribution in [2.45, 2.75) is 19.9 Å². The van der Waals surface area contributed by atoms with Crippen LogP contribution in [0.15, 0.2) is 46.8 Å². The van der Waals surface area contributed by atoms with Gasteiger partial charge in [-0.05, 0) is 43.4 Å². The largest absolute Gasteiger partial charge is 0.334 e. The van der Waals surface area contributed by atoms with Gasteiger partial charge in [0.1, 0.15) is 5.82 Å². The number of anilines is 1. The lowest BCUT2D eigenvalue weighted by Crippen LogP contribution is -2.11. The monoisotopic (exact) mass is 439 g/mol. The Bertz CT molecular complexity index is 1250. The summed E-state index contributed by atoms with van der Waals surface area (Å²) in [5.41, 5.74) is 2.03. The lowest BCUT2D eigenvalue weighted by atomic mass is 10.1. The summed E-state index contributed by atoms with van der Waals surface area (Å²) in [7, 11) is 0. The zero-order valence-corrected chi connectivity index (χ0v) is 17.6. The number of thiazole rings is 1. The molecule has 0 spiro atoms. The van der Waals surface area contributed by atoms with E-state index in [2.05, 4.69) is 37.2 Å². The quantitative estimate of drug-likeness (QED) is 0.333. The first-order valence-electron chi connectivity index (χ1n) is 8.95. The van der Waals surface area contributed by atoms with E-state index in [1.54, 1.807) is 37.3 Å². The van der Waals surface area contributed by atoms with Gasteiger partial charge in [-0.3, -0.25) is 19.8 Å². The zero-order chi connectivity index (χ0) is 21.1. The van der Waals surface area contributed by atoms with E-state index in [0.29, 0.717) is 40.1 Å². The number of benzene rings is 1. The highest BCUT2D eigenvalue weighted by Gasteiger charge is 2.13. The maximum Gasteiger partial charge on any atom is 0.257 e. The molecule has 1 aromatic carbocycles. The summed E-state index contributed by atoms with van der Waals surface area (Å²) in [4.78, 5) is 21.2. The zero-order valence-electron chi connectivity index (χ0n) is 16.0. The van der Waals surface area contributed by atoms with E-state index in [0.717, 1.165) is 17.1 Å². The van der Waals surface area contributed by atoms with Gasteiger partial charge in [0.2, 0.25) is 0 Å². The third kappa shape index (κ3) is 4.26. The number of carbonyl (C=O) groups excluding carboxylic acids is 1. The minimum absolute atomic E-state index is 0.251. The van der Waals surface area contributed by atoms with E-state index in [4.69, 9.17) is 16.7 Å². The fourth-order valence-corrected chi connectivity index (χ4v) is 3.69. The predicted octanol–water partition coefficient (Wildman–Crippen LogP) is 3.78. The van der Waals surface area contributed by atoms with Crippen molar-refractivity contribution in [2.75, 3.05) is 5.32 Å². The van der Waals surface area contributed by atoms with Crippen molar-refractivity contribution in [3.05, 3.63) is 70.0 Å². The number of carbonyl (C=O) groups is 1. The van der Waals surface area contributed by atoms with Gasteiger partial charge in [0, 0.05) is 23.1 Å². The fourth-order valence-electron chi connectivity index (χ4n) is 2.76. The Balaban J connectivity index is 1.43. The highest BCUT2D eigenvalue weighted by atomic mass is 32.1. The molecular formula is C19H17N7O2S2. The van der Waals surface area contributed by atoms with E-state index >= 15 is 0 Å².